The van der Waals surface area contributed by atoms with Gasteiger partial charge in [0.2, 0.25) is 0 Å². The average molecular weight is 273 g/mol. The SMILES string of the molecule is CCOC1CC(NC2C=CS(=O)(=O)C2)C1(C)CC. The maximum atomic E-state index is 11.4. The van der Waals surface area contributed by atoms with Gasteiger partial charge in [-0.25, -0.2) is 8.42 Å². The second kappa shape index (κ2) is 4.94. The molecular formula is C13H23NO3S. The minimum absolute atomic E-state index is 0.0338. The Morgan fingerprint density at radius 1 is 1.44 bits per heavy atom. The first kappa shape index (κ1) is 14.0. The summed E-state index contributed by atoms with van der Waals surface area (Å²) in [6, 6.07) is 0.315. The molecule has 0 aromatic heterocycles. The van der Waals surface area contributed by atoms with E-state index in [2.05, 4.69) is 19.2 Å². The summed E-state index contributed by atoms with van der Waals surface area (Å²) in [6.07, 6.45) is 4.08. The third kappa shape index (κ3) is 2.49. The van der Waals surface area contributed by atoms with Crippen molar-refractivity contribution in [2.45, 2.75) is 51.8 Å². The Morgan fingerprint density at radius 3 is 2.67 bits per heavy atom. The van der Waals surface area contributed by atoms with Crippen molar-refractivity contribution >= 4 is 9.84 Å². The van der Waals surface area contributed by atoms with Gasteiger partial charge in [0.25, 0.3) is 0 Å². The summed E-state index contributed by atoms with van der Waals surface area (Å²) in [4.78, 5) is 0. The van der Waals surface area contributed by atoms with Gasteiger partial charge in [-0.2, -0.15) is 0 Å². The van der Waals surface area contributed by atoms with E-state index in [4.69, 9.17) is 4.74 Å². The lowest BCUT2D eigenvalue weighted by Crippen LogP contribution is -2.64. The van der Waals surface area contributed by atoms with Gasteiger partial charge in [-0.15, -0.1) is 0 Å². The molecule has 1 heterocycles. The number of hydrogen-bond acceptors (Lipinski definition) is 4. The predicted molar refractivity (Wildman–Crippen MR) is 72.1 cm³/mol. The molecule has 0 bridgehead atoms. The Hall–Kier alpha value is -0.390. The molecule has 18 heavy (non-hydrogen) atoms. The molecule has 1 fully saturated rings. The summed E-state index contributed by atoms with van der Waals surface area (Å²) in [7, 11) is -2.97. The number of ether oxygens (including phenoxy) is 1. The summed E-state index contributed by atoms with van der Waals surface area (Å²) in [5, 5.41) is 4.78. The van der Waals surface area contributed by atoms with Crippen LogP contribution in [0, 0.1) is 5.41 Å². The van der Waals surface area contributed by atoms with Crippen LogP contribution >= 0.6 is 0 Å². The lowest BCUT2D eigenvalue weighted by atomic mass is 9.61. The van der Waals surface area contributed by atoms with Gasteiger partial charge in [0.15, 0.2) is 9.84 Å². The third-order valence-corrected chi connectivity index (χ3v) is 5.85. The van der Waals surface area contributed by atoms with E-state index in [9.17, 15) is 8.42 Å². The van der Waals surface area contributed by atoms with Gasteiger partial charge in [0, 0.05) is 29.5 Å². The highest BCUT2D eigenvalue weighted by molar-refractivity contribution is 7.94. The molecule has 1 aliphatic carbocycles. The van der Waals surface area contributed by atoms with E-state index in [1.165, 1.54) is 5.41 Å². The van der Waals surface area contributed by atoms with E-state index in [0.717, 1.165) is 19.4 Å². The zero-order valence-electron chi connectivity index (χ0n) is 11.3. The molecule has 0 saturated heterocycles. The highest BCUT2D eigenvalue weighted by Crippen LogP contribution is 2.46. The van der Waals surface area contributed by atoms with E-state index < -0.39 is 9.84 Å². The maximum absolute atomic E-state index is 11.4. The molecule has 0 aromatic rings. The zero-order valence-corrected chi connectivity index (χ0v) is 12.2. The quantitative estimate of drug-likeness (QED) is 0.824. The van der Waals surface area contributed by atoms with Crippen molar-refractivity contribution < 1.29 is 13.2 Å². The van der Waals surface area contributed by atoms with Crippen molar-refractivity contribution in [1.82, 2.24) is 5.32 Å². The Bertz CT molecular complexity index is 432. The molecular weight excluding hydrogens is 250 g/mol. The summed E-state index contributed by atoms with van der Waals surface area (Å²) in [6.45, 7) is 7.15. The van der Waals surface area contributed by atoms with Crippen molar-refractivity contribution in [1.29, 1.82) is 0 Å². The molecule has 5 heteroatoms. The van der Waals surface area contributed by atoms with Crippen molar-refractivity contribution in [2.24, 2.45) is 5.41 Å². The fourth-order valence-corrected chi connectivity index (χ4v) is 4.19. The first-order valence-corrected chi connectivity index (χ1v) is 8.41. The highest BCUT2D eigenvalue weighted by atomic mass is 32.2. The molecule has 1 saturated carbocycles. The summed E-state index contributed by atoms with van der Waals surface area (Å²) in [5.41, 5.74) is 0.121. The molecule has 4 atom stereocenters. The number of hydrogen-bond donors (Lipinski definition) is 1. The summed E-state index contributed by atoms with van der Waals surface area (Å²) >= 11 is 0. The number of rotatable bonds is 5. The van der Waals surface area contributed by atoms with Crippen LogP contribution in [-0.4, -0.2) is 39.0 Å². The number of nitrogens with one attached hydrogen (secondary N) is 1. The van der Waals surface area contributed by atoms with Crippen molar-refractivity contribution in [3.8, 4) is 0 Å². The molecule has 0 radical (unpaired) electrons. The molecule has 2 rings (SSSR count). The standard InChI is InChI=1S/C13H23NO3S/c1-4-13(3)11(8-12(13)17-5-2)14-10-6-7-18(15,16)9-10/h6-7,10-12,14H,4-5,8-9H2,1-3H3. The first-order chi connectivity index (χ1) is 8.41. The monoisotopic (exact) mass is 273 g/mol. The molecule has 104 valence electrons. The number of sulfone groups is 1. The molecule has 2 aliphatic rings. The smallest absolute Gasteiger partial charge is 0.173 e. The van der Waals surface area contributed by atoms with E-state index >= 15 is 0 Å². The molecule has 1 N–H and O–H groups in total. The maximum Gasteiger partial charge on any atom is 0.173 e. The van der Waals surface area contributed by atoms with E-state index in [0.29, 0.717) is 12.1 Å². The van der Waals surface area contributed by atoms with Gasteiger partial charge in [-0.1, -0.05) is 19.9 Å². The molecule has 1 aliphatic heterocycles. The van der Waals surface area contributed by atoms with Crippen LogP contribution in [0.3, 0.4) is 0 Å². The topological polar surface area (TPSA) is 55.4 Å². The van der Waals surface area contributed by atoms with E-state index in [1.54, 1.807) is 6.08 Å². The normalized spacial score (nSPS) is 41.8. The van der Waals surface area contributed by atoms with E-state index in [1.807, 2.05) is 6.92 Å². The first-order valence-electron chi connectivity index (χ1n) is 6.70. The summed E-state index contributed by atoms with van der Waals surface area (Å²) in [5.74, 6) is 0.197. The Morgan fingerprint density at radius 2 is 2.17 bits per heavy atom. The van der Waals surface area contributed by atoms with Crippen LogP contribution in [0.15, 0.2) is 11.5 Å². The fraction of sp³-hybridized carbons (Fsp3) is 0.846. The third-order valence-electron chi connectivity index (χ3n) is 4.46. The summed E-state index contributed by atoms with van der Waals surface area (Å²) < 4.78 is 28.5. The molecule has 0 aromatic carbocycles. The second-order valence-electron chi connectivity index (χ2n) is 5.52. The highest BCUT2D eigenvalue weighted by Gasteiger charge is 2.51. The lowest BCUT2D eigenvalue weighted by Gasteiger charge is -2.54. The van der Waals surface area contributed by atoms with Crippen LogP contribution in [0.4, 0.5) is 0 Å². The van der Waals surface area contributed by atoms with Gasteiger partial charge in [-0.05, 0) is 19.8 Å². The zero-order chi connectivity index (χ0) is 13.4. The van der Waals surface area contributed by atoms with Gasteiger partial charge >= 0.3 is 0 Å². The largest absolute Gasteiger partial charge is 0.378 e. The van der Waals surface area contributed by atoms with Crippen LogP contribution in [0.1, 0.15) is 33.6 Å². The average Bonchev–Trinajstić information content (AvgIpc) is 2.66. The van der Waals surface area contributed by atoms with Crippen LogP contribution < -0.4 is 5.32 Å². The lowest BCUT2D eigenvalue weighted by molar-refractivity contribution is -0.126. The Kier molecular flexibility index (Phi) is 3.85. The van der Waals surface area contributed by atoms with Gasteiger partial charge < -0.3 is 10.1 Å². The van der Waals surface area contributed by atoms with E-state index in [-0.39, 0.29) is 17.2 Å². The Balaban J connectivity index is 1.94. The van der Waals surface area contributed by atoms with Crippen LogP contribution in [0.25, 0.3) is 0 Å². The molecule has 4 unspecified atom stereocenters. The van der Waals surface area contributed by atoms with Crippen LogP contribution in [-0.2, 0) is 14.6 Å². The van der Waals surface area contributed by atoms with Gasteiger partial charge in [-0.3, -0.25) is 0 Å². The van der Waals surface area contributed by atoms with Crippen molar-refractivity contribution in [3.63, 3.8) is 0 Å². The Labute approximate surface area is 110 Å². The van der Waals surface area contributed by atoms with Crippen molar-refractivity contribution in [3.05, 3.63) is 11.5 Å². The molecule has 0 spiro atoms. The predicted octanol–water partition coefficient (Wildman–Crippen LogP) is 1.48. The van der Waals surface area contributed by atoms with Crippen molar-refractivity contribution in [2.75, 3.05) is 12.4 Å². The second-order valence-corrected chi connectivity index (χ2v) is 7.45. The van der Waals surface area contributed by atoms with Gasteiger partial charge in [0.1, 0.15) is 0 Å². The molecule has 0 amide bonds. The molecule has 4 nitrogen and oxygen atoms in total. The minimum Gasteiger partial charge on any atom is -0.378 e. The fourth-order valence-electron chi connectivity index (χ4n) is 2.95. The van der Waals surface area contributed by atoms with Gasteiger partial charge in [0.05, 0.1) is 11.9 Å². The van der Waals surface area contributed by atoms with Crippen LogP contribution in [0.5, 0.6) is 0 Å². The van der Waals surface area contributed by atoms with Crippen LogP contribution in [0.2, 0.25) is 0 Å². The minimum atomic E-state index is -2.97.